The lowest BCUT2D eigenvalue weighted by molar-refractivity contribution is -0.131. The first-order valence-corrected chi connectivity index (χ1v) is 9.91. The topological polar surface area (TPSA) is 71.8 Å². The van der Waals surface area contributed by atoms with Gasteiger partial charge >= 0.3 is 0 Å². The maximum absolute atomic E-state index is 13.0. The van der Waals surface area contributed by atoms with Gasteiger partial charge in [0.2, 0.25) is 5.91 Å². The summed E-state index contributed by atoms with van der Waals surface area (Å²) < 4.78 is 2.92. The third-order valence-electron chi connectivity index (χ3n) is 4.81. The molecule has 9 heteroatoms. The second-order valence-electron chi connectivity index (χ2n) is 6.46. The van der Waals surface area contributed by atoms with E-state index in [0.717, 1.165) is 41.2 Å². The monoisotopic (exact) mass is 425 g/mol. The van der Waals surface area contributed by atoms with Crippen molar-refractivity contribution in [1.82, 2.24) is 25.4 Å². The van der Waals surface area contributed by atoms with Crippen molar-refractivity contribution >= 4 is 51.5 Å². The summed E-state index contributed by atoms with van der Waals surface area (Å²) in [6, 6.07) is 7.60. The summed E-state index contributed by atoms with van der Waals surface area (Å²) in [5.41, 5.74) is 0.311. The minimum Gasteiger partial charge on any atom is -0.354 e. The van der Waals surface area contributed by atoms with Crippen molar-refractivity contribution in [3.63, 3.8) is 0 Å². The summed E-state index contributed by atoms with van der Waals surface area (Å²) in [7, 11) is 0. The molecule has 0 radical (unpaired) electrons. The van der Waals surface area contributed by atoms with Crippen LogP contribution in [0.5, 0.6) is 0 Å². The number of amides is 1. The van der Waals surface area contributed by atoms with Crippen molar-refractivity contribution in [1.29, 1.82) is 0 Å². The third kappa shape index (κ3) is 4.11. The number of benzene rings is 1. The zero-order valence-corrected chi connectivity index (χ0v) is 17.0. The van der Waals surface area contributed by atoms with E-state index in [4.69, 9.17) is 11.6 Å². The molecule has 1 aromatic carbocycles. The largest absolute Gasteiger partial charge is 0.354 e. The molecule has 1 amide bonds. The lowest BCUT2D eigenvalue weighted by atomic mass is 9.87. The van der Waals surface area contributed by atoms with Gasteiger partial charge in [-0.15, -0.1) is 23.7 Å². The fourth-order valence-electron chi connectivity index (χ4n) is 3.43. The van der Waals surface area contributed by atoms with E-state index < -0.39 is 5.54 Å². The van der Waals surface area contributed by atoms with Crippen LogP contribution in [0.3, 0.4) is 0 Å². The molecular formula is C18H21Cl2N5OS. The number of thiazole rings is 1. The van der Waals surface area contributed by atoms with E-state index >= 15 is 0 Å². The molecule has 0 saturated carbocycles. The van der Waals surface area contributed by atoms with Crippen molar-refractivity contribution in [3.05, 3.63) is 46.7 Å². The Morgan fingerprint density at radius 1 is 1.37 bits per heavy atom. The van der Waals surface area contributed by atoms with Crippen molar-refractivity contribution in [3.8, 4) is 0 Å². The smallest absolute Gasteiger partial charge is 0.248 e. The van der Waals surface area contributed by atoms with E-state index in [-0.39, 0.29) is 18.3 Å². The van der Waals surface area contributed by atoms with Gasteiger partial charge in [-0.3, -0.25) is 9.48 Å². The van der Waals surface area contributed by atoms with Crippen LogP contribution in [-0.2, 0) is 16.8 Å². The normalized spacial score (nSPS) is 16.0. The van der Waals surface area contributed by atoms with Gasteiger partial charge in [0, 0.05) is 30.4 Å². The zero-order valence-electron chi connectivity index (χ0n) is 14.7. The summed E-state index contributed by atoms with van der Waals surface area (Å²) in [5.74, 6) is 0.0341. The van der Waals surface area contributed by atoms with Crippen LogP contribution in [0.1, 0.15) is 17.8 Å². The number of hydrogen-bond acceptors (Lipinski definition) is 5. The maximum Gasteiger partial charge on any atom is 0.248 e. The first kappa shape index (κ1) is 20.1. The van der Waals surface area contributed by atoms with E-state index in [1.807, 2.05) is 35.1 Å². The Kier molecular flexibility index (Phi) is 6.37. The molecule has 144 valence electrons. The van der Waals surface area contributed by atoms with Gasteiger partial charge in [0.1, 0.15) is 5.54 Å². The second-order valence-corrected chi connectivity index (χ2v) is 8.01. The Bertz CT molecular complexity index is 906. The number of carbonyl (C=O) groups excluding carboxylic acids is 1. The molecule has 3 heterocycles. The number of rotatable bonds is 5. The maximum atomic E-state index is 13.0. The highest BCUT2D eigenvalue weighted by molar-refractivity contribution is 7.18. The van der Waals surface area contributed by atoms with Crippen LogP contribution >= 0.6 is 35.3 Å². The fourth-order valence-corrected chi connectivity index (χ4v) is 4.54. The Morgan fingerprint density at radius 2 is 2.19 bits per heavy atom. The number of fused-ring (bicyclic) bond motifs is 1. The van der Waals surface area contributed by atoms with Gasteiger partial charge in [-0.05, 0) is 50.2 Å². The number of carbonyl (C=O) groups is 1. The molecule has 1 fully saturated rings. The minimum atomic E-state index is -0.601. The number of piperidine rings is 1. The van der Waals surface area contributed by atoms with Crippen LogP contribution in [-0.4, -0.2) is 40.3 Å². The Balaban J connectivity index is 0.00000210. The molecule has 1 saturated heterocycles. The van der Waals surface area contributed by atoms with Crippen LogP contribution in [0.25, 0.3) is 10.2 Å². The second kappa shape index (κ2) is 8.56. The van der Waals surface area contributed by atoms with Crippen LogP contribution < -0.4 is 10.6 Å². The van der Waals surface area contributed by atoms with Gasteiger partial charge in [0.05, 0.1) is 15.2 Å². The van der Waals surface area contributed by atoms with E-state index in [1.54, 1.807) is 17.5 Å². The third-order valence-corrected chi connectivity index (χ3v) is 6.15. The van der Waals surface area contributed by atoms with Crippen LogP contribution in [0.4, 0.5) is 0 Å². The molecule has 0 spiro atoms. The van der Waals surface area contributed by atoms with Crippen molar-refractivity contribution in [2.24, 2.45) is 0 Å². The first-order chi connectivity index (χ1) is 12.7. The van der Waals surface area contributed by atoms with Gasteiger partial charge in [-0.1, -0.05) is 11.6 Å². The molecule has 1 aliphatic heterocycles. The van der Waals surface area contributed by atoms with Crippen molar-refractivity contribution in [2.45, 2.75) is 24.8 Å². The average molecular weight is 426 g/mol. The predicted molar refractivity (Wildman–Crippen MR) is 111 cm³/mol. The lowest BCUT2D eigenvalue weighted by Crippen LogP contribution is -2.54. The van der Waals surface area contributed by atoms with Crippen LogP contribution in [0.15, 0.2) is 36.7 Å². The van der Waals surface area contributed by atoms with E-state index in [0.29, 0.717) is 18.0 Å². The number of nitrogens with zero attached hydrogens (tertiary/aromatic N) is 3. The molecule has 6 nitrogen and oxygen atoms in total. The number of hydrogen-bond donors (Lipinski definition) is 2. The Morgan fingerprint density at radius 3 is 2.93 bits per heavy atom. The molecule has 1 aliphatic rings. The zero-order chi connectivity index (χ0) is 18.0. The quantitative estimate of drug-likeness (QED) is 0.658. The highest BCUT2D eigenvalue weighted by atomic mass is 35.5. The van der Waals surface area contributed by atoms with Gasteiger partial charge in [-0.25, -0.2) is 4.98 Å². The predicted octanol–water partition coefficient (Wildman–Crippen LogP) is 3.01. The summed E-state index contributed by atoms with van der Waals surface area (Å²) in [5, 5.41) is 12.4. The van der Waals surface area contributed by atoms with Gasteiger partial charge in [-0.2, -0.15) is 5.10 Å². The minimum absolute atomic E-state index is 0. The molecule has 2 N–H and O–H groups in total. The fraction of sp³-hybridized carbons (Fsp3) is 0.389. The molecular weight excluding hydrogens is 405 g/mol. The first-order valence-electron chi connectivity index (χ1n) is 8.71. The van der Waals surface area contributed by atoms with Crippen molar-refractivity contribution < 1.29 is 4.79 Å². The Labute approximate surface area is 172 Å². The molecule has 4 rings (SSSR count). The number of nitrogens with one attached hydrogen (secondary N) is 2. The molecule has 2 aromatic heterocycles. The number of aromatic nitrogens is 3. The molecule has 0 atom stereocenters. The van der Waals surface area contributed by atoms with Gasteiger partial charge < -0.3 is 10.6 Å². The van der Waals surface area contributed by atoms with Gasteiger partial charge in [0.25, 0.3) is 0 Å². The highest BCUT2D eigenvalue weighted by Crippen LogP contribution is 2.28. The summed E-state index contributed by atoms with van der Waals surface area (Å²) in [4.78, 5) is 17.6. The van der Waals surface area contributed by atoms with E-state index in [9.17, 15) is 4.79 Å². The van der Waals surface area contributed by atoms with Crippen molar-refractivity contribution in [2.75, 3.05) is 19.6 Å². The van der Waals surface area contributed by atoms with Crippen LogP contribution in [0, 0.1) is 0 Å². The lowest BCUT2D eigenvalue weighted by Gasteiger charge is -2.36. The number of halogens is 2. The SMILES string of the molecule is Cl.O=C(NCCc1nc2cc(Cl)ccc2s1)C1(n2cccn2)CCNCC1. The summed E-state index contributed by atoms with van der Waals surface area (Å²) >= 11 is 7.66. The molecule has 0 bridgehead atoms. The molecule has 3 aromatic rings. The standard InChI is InChI=1S/C18H20ClN5OS.ClH/c19-13-2-3-15-14(12-13)23-16(26-15)4-8-21-17(25)18(5-9-20-10-6-18)24-11-1-7-22-24;/h1-3,7,11-12,20H,4-6,8-10H2,(H,21,25);1H. The molecule has 0 unspecified atom stereocenters. The molecule has 27 heavy (non-hydrogen) atoms. The van der Waals surface area contributed by atoms with Crippen LogP contribution in [0.2, 0.25) is 5.02 Å². The van der Waals surface area contributed by atoms with Gasteiger partial charge in [0.15, 0.2) is 0 Å². The summed E-state index contributed by atoms with van der Waals surface area (Å²) in [6.07, 6.45) is 5.78. The van der Waals surface area contributed by atoms with E-state index in [1.165, 1.54) is 0 Å². The summed E-state index contributed by atoms with van der Waals surface area (Å²) in [6.45, 7) is 2.18. The molecule has 0 aliphatic carbocycles. The van der Waals surface area contributed by atoms with E-state index in [2.05, 4.69) is 20.7 Å². The Hall–Kier alpha value is -1.67. The highest BCUT2D eigenvalue weighted by Gasteiger charge is 2.41. The average Bonchev–Trinajstić information content (AvgIpc) is 3.31.